The van der Waals surface area contributed by atoms with Crippen LogP contribution in [0.5, 0.6) is 0 Å². The molecule has 0 saturated heterocycles. The number of carbonyl (C=O) groups excluding carboxylic acids is 1. The lowest BCUT2D eigenvalue weighted by Gasteiger charge is -2.13. The average molecular weight is 484 g/mol. The summed E-state index contributed by atoms with van der Waals surface area (Å²) in [5, 5.41) is 8.04. The van der Waals surface area contributed by atoms with Crippen LogP contribution in [0.1, 0.15) is 40.7 Å². The van der Waals surface area contributed by atoms with Gasteiger partial charge in [0.25, 0.3) is 5.91 Å². The molecule has 0 unspecified atom stereocenters. The number of thiophene rings is 1. The molecule has 2 N–H and O–H groups in total. The highest BCUT2D eigenvalue weighted by molar-refractivity contribution is 7.92. The van der Waals surface area contributed by atoms with Crippen LogP contribution in [0.15, 0.2) is 48.7 Å². The van der Waals surface area contributed by atoms with Crippen molar-refractivity contribution >= 4 is 44.0 Å². The van der Waals surface area contributed by atoms with Crippen LogP contribution < -0.4 is 10.0 Å². The van der Waals surface area contributed by atoms with Gasteiger partial charge < -0.3 is 5.32 Å². The van der Waals surface area contributed by atoms with Crippen molar-refractivity contribution in [2.75, 3.05) is 11.0 Å². The number of fused-ring (bicyclic) bond motifs is 1. The standard InChI is InChI=1S/C23H25N5O3S2/c1-14(2)28-22-18(13-25-28)17(11-20(26-22)21-10-9-15(3)32-21)23(29)24-12-16-7-5-6-8-19(16)27-33(4,30)31/h5-11,13-14,27H,12H2,1-4H3,(H,24,29). The molecule has 0 fully saturated rings. The molecular weight excluding hydrogens is 458 g/mol. The first-order valence-electron chi connectivity index (χ1n) is 10.4. The average Bonchev–Trinajstić information content (AvgIpc) is 3.37. The molecule has 0 radical (unpaired) electrons. The number of sulfonamides is 1. The van der Waals surface area contributed by atoms with Crippen LogP contribution in [0.4, 0.5) is 5.69 Å². The Labute approximate surface area is 196 Å². The van der Waals surface area contributed by atoms with Crippen molar-refractivity contribution in [2.45, 2.75) is 33.4 Å². The second kappa shape index (κ2) is 8.95. The number of benzene rings is 1. The monoisotopic (exact) mass is 483 g/mol. The summed E-state index contributed by atoms with van der Waals surface area (Å²) in [7, 11) is -3.44. The fourth-order valence-corrected chi connectivity index (χ4v) is 4.95. The maximum atomic E-state index is 13.3. The van der Waals surface area contributed by atoms with Crippen molar-refractivity contribution in [3.05, 3.63) is 64.7 Å². The molecule has 172 valence electrons. The van der Waals surface area contributed by atoms with Gasteiger partial charge in [-0.25, -0.2) is 18.1 Å². The Hall–Kier alpha value is -3.24. The van der Waals surface area contributed by atoms with Gasteiger partial charge in [-0.05, 0) is 50.6 Å². The summed E-state index contributed by atoms with van der Waals surface area (Å²) in [5.41, 5.74) is 2.93. The molecule has 0 aliphatic rings. The van der Waals surface area contributed by atoms with E-state index in [1.165, 1.54) is 0 Å². The maximum absolute atomic E-state index is 13.3. The van der Waals surface area contributed by atoms with Gasteiger partial charge in [0.2, 0.25) is 10.0 Å². The van der Waals surface area contributed by atoms with Crippen LogP contribution in [-0.4, -0.2) is 35.3 Å². The van der Waals surface area contributed by atoms with Gasteiger partial charge in [0, 0.05) is 17.5 Å². The van der Waals surface area contributed by atoms with Gasteiger partial charge in [-0.2, -0.15) is 5.10 Å². The smallest absolute Gasteiger partial charge is 0.252 e. The van der Waals surface area contributed by atoms with E-state index in [0.29, 0.717) is 33.5 Å². The van der Waals surface area contributed by atoms with Crippen LogP contribution in [0.25, 0.3) is 21.6 Å². The van der Waals surface area contributed by atoms with Crippen molar-refractivity contribution in [3.63, 3.8) is 0 Å². The number of para-hydroxylation sites is 1. The Morgan fingerprint density at radius 3 is 2.61 bits per heavy atom. The summed E-state index contributed by atoms with van der Waals surface area (Å²) in [6.07, 6.45) is 2.76. The zero-order valence-electron chi connectivity index (χ0n) is 18.8. The first-order chi connectivity index (χ1) is 15.6. The van der Waals surface area contributed by atoms with E-state index in [1.54, 1.807) is 52.5 Å². The first kappa shape index (κ1) is 22.9. The number of carbonyl (C=O) groups is 1. The number of aromatic nitrogens is 3. The summed E-state index contributed by atoms with van der Waals surface area (Å²) in [6, 6.07) is 12.9. The molecule has 10 heteroatoms. The Bertz CT molecular complexity index is 1440. The third kappa shape index (κ3) is 5.07. The lowest BCUT2D eigenvalue weighted by Crippen LogP contribution is -2.24. The van der Waals surface area contributed by atoms with Gasteiger partial charge in [-0.1, -0.05) is 18.2 Å². The highest BCUT2D eigenvalue weighted by Crippen LogP contribution is 2.30. The molecule has 0 spiro atoms. The van der Waals surface area contributed by atoms with E-state index in [2.05, 4.69) is 15.1 Å². The molecule has 8 nitrogen and oxygen atoms in total. The van der Waals surface area contributed by atoms with Gasteiger partial charge in [0.05, 0.1) is 39.7 Å². The molecule has 33 heavy (non-hydrogen) atoms. The number of nitrogens with one attached hydrogen (secondary N) is 2. The predicted octanol–water partition coefficient (Wildman–Crippen LogP) is 4.35. The van der Waals surface area contributed by atoms with Crippen LogP contribution in [0.2, 0.25) is 0 Å². The van der Waals surface area contributed by atoms with Crippen molar-refractivity contribution in [1.29, 1.82) is 0 Å². The minimum absolute atomic E-state index is 0.0835. The first-order valence-corrected chi connectivity index (χ1v) is 13.1. The Morgan fingerprint density at radius 1 is 1.18 bits per heavy atom. The van der Waals surface area contributed by atoms with Gasteiger partial charge in [-0.15, -0.1) is 11.3 Å². The highest BCUT2D eigenvalue weighted by atomic mass is 32.2. The van der Waals surface area contributed by atoms with Gasteiger partial charge in [0.15, 0.2) is 5.65 Å². The molecule has 1 aromatic carbocycles. The summed E-state index contributed by atoms with van der Waals surface area (Å²) in [5.74, 6) is -0.283. The van der Waals surface area contributed by atoms with Crippen molar-refractivity contribution in [3.8, 4) is 10.6 Å². The largest absolute Gasteiger partial charge is 0.348 e. The fourth-order valence-electron chi connectivity index (χ4n) is 3.53. The normalized spacial score (nSPS) is 11.8. The number of hydrogen-bond acceptors (Lipinski definition) is 6. The third-order valence-corrected chi connectivity index (χ3v) is 6.66. The van der Waals surface area contributed by atoms with Crippen LogP contribution in [0.3, 0.4) is 0 Å². The van der Waals surface area contributed by atoms with Gasteiger partial charge in [0.1, 0.15) is 0 Å². The molecule has 1 amide bonds. The van der Waals surface area contributed by atoms with Crippen LogP contribution in [-0.2, 0) is 16.6 Å². The second-order valence-electron chi connectivity index (χ2n) is 8.10. The summed E-state index contributed by atoms with van der Waals surface area (Å²) >= 11 is 1.62. The van der Waals surface area contributed by atoms with E-state index in [-0.39, 0.29) is 18.5 Å². The van der Waals surface area contributed by atoms with Gasteiger partial charge >= 0.3 is 0 Å². The SMILES string of the molecule is Cc1ccc(-c2cc(C(=O)NCc3ccccc3NS(C)(=O)=O)c3cnn(C(C)C)c3n2)s1. The number of pyridine rings is 1. The van der Waals surface area contributed by atoms with Crippen LogP contribution in [0, 0.1) is 6.92 Å². The number of aryl methyl sites for hydroxylation is 1. The topological polar surface area (TPSA) is 106 Å². The lowest BCUT2D eigenvalue weighted by atomic mass is 10.1. The Kier molecular flexibility index (Phi) is 6.22. The van der Waals surface area contributed by atoms with E-state index in [9.17, 15) is 13.2 Å². The number of amides is 1. The molecule has 0 aliphatic heterocycles. The fraction of sp³-hybridized carbons (Fsp3) is 0.261. The minimum Gasteiger partial charge on any atom is -0.348 e. The minimum atomic E-state index is -3.44. The Morgan fingerprint density at radius 2 is 1.94 bits per heavy atom. The predicted molar refractivity (Wildman–Crippen MR) is 132 cm³/mol. The second-order valence-corrected chi connectivity index (χ2v) is 11.1. The van der Waals surface area contributed by atoms with Crippen LogP contribution >= 0.6 is 11.3 Å². The molecule has 4 aromatic rings. The lowest BCUT2D eigenvalue weighted by molar-refractivity contribution is 0.0952. The molecule has 0 bridgehead atoms. The number of rotatable bonds is 7. The molecule has 0 saturated carbocycles. The van der Waals surface area contributed by atoms with Crippen molar-refractivity contribution in [1.82, 2.24) is 20.1 Å². The quantitative estimate of drug-likeness (QED) is 0.406. The third-order valence-electron chi connectivity index (χ3n) is 5.05. The number of hydrogen-bond donors (Lipinski definition) is 2. The van der Waals surface area contributed by atoms with Crippen molar-refractivity contribution in [2.24, 2.45) is 0 Å². The van der Waals surface area contributed by atoms with Gasteiger partial charge in [-0.3, -0.25) is 9.52 Å². The summed E-state index contributed by atoms with van der Waals surface area (Å²) in [4.78, 5) is 20.2. The maximum Gasteiger partial charge on any atom is 0.252 e. The van der Waals surface area contributed by atoms with E-state index < -0.39 is 10.0 Å². The molecule has 0 atom stereocenters. The molecule has 0 aliphatic carbocycles. The number of nitrogens with zero attached hydrogens (tertiary/aromatic N) is 3. The van der Waals surface area contributed by atoms with E-state index in [0.717, 1.165) is 16.0 Å². The zero-order chi connectivity index (χ0) is 23.8. The zero-order valence-corrected chi connectivity index (χ0v) is 20.4. The Balaban J connectivity index is 1.70. The summed E-state index contributed by atoms with van der Waals surface area (Å²) < 4.78 is 27.7. The molecule has 3 aromatic heterocycles. The van der Waals surface area contributed by atoms with E-state index in [4.69, 9.17) is 4.98 Å². The number of anilines is 1. The van der Waals surface area contributed by atoms with Crippen molar-refractivity contribution < 1.29 is 13.2 Å². The van der Waals surface area contributed by atoms with E-state index in [1.807, 2.05) is 32.9 Å². The summed E-state index contributed by atoms with van der Waals surface area (Å²) in [6.45, 7) is 6.22. The molecule has 4 rings (SSSR count). The van der Waals surface area contributed by atoms with E-state index >= 15 is 0 Å². The highest BCUT2D eigenvalue weighted by Gasteiger charge is 2.19. The molecule has 3 heterocycles. The molecular formula is C23H25N5O3S2.